The number of pyridine rings is 1. The van der Waals surface area contributed by atoms with E-state index in [1.165, 1.54) is 0 Å². The van der Waals surface area contributed by atoms with Crippen molar-refractivity contribution in [3.8, 4) is 0 Å². The molecular formula is C14H12BrNO. The van der Waals surface area contributed by atoms with Crippen LogP contribution in [0.3, 0.4) is 0 Å². The third kappa shape index (κ3) is 3.24. The summed E-state index contributed by atoms with van der Waals surface area (Å²) in [5, 5.41) is 0. The van der Waals surface area contributed by atoms with Gasteiger partial charge in [0.15, 0.2) is 0 Å². The van der Waals surface area contributed by atoms with Crippen molar-refractivity contribution in [1.29, 1.82) is 0 Å². The fourth-order valence-corrected chi connectivity index (χ4v) is 1.99. The molecule has 0 amide bonds. The lowest BCUT2D eigenvalue weighted by Gasteiger charge is -2.10. The van der Waals surface area contributed by atoms with Crippen LogP contribution in [0.25, 0.3) is 0 Å². The summed E-state index contributed by atoms with van der Waals surface area (Å²) in [5.74, 6) is -0.0921. The lowest BCUT2D eigenvalue weighted by Crippen LogP contribution is -2.04. The fraction of sp³-hybridized carbons (Fsp3) is 0.143. The Kier molecular flexibility index (Phi) is 4.04. The Morgan fingerprint density at radius 1 is 1.12 bits per heavy atom. The van der Waals surface area contributed by atoms with Gasteiger partial charge in [-0.25, -0.2) is 0 Å². The quantitative estimate of drug-likeness (QED) is 0.808. The molecule has 0 fully saturated rings. The number of aromatic nitrogens is 1. The van der Waals surface area contributed by atoms with Gasteiger partial charge in [0.1, 0.15) is 6.29 Å². The van der Waals surface area contributed by atoms with Gasteiger partial charge in [-0.15, -0.1) is 0 Å². The summed E-state index contributed by atoms with van der Waals surface area (Å²) in [5.41, 5.74) is 2.17. The first-order chi connectivity index (χ1) is 8.29. The predicted octanol–water partition coefficient (Wildman–Crippen LogP) is 3.37. The van der Waals surface area contributed by atoms with Crippen LogP contribution >= 0.6 is 15.9 Å². The zero-order valence-corrected chi connectivity index (χ0v) is 10.8. The van der Waals surface area contributed by atoms with E-state index in [1.54, 1.807) is 12.4 Å². The highest BCUT2D eigenvalue weighted by molar-refractivity contribution is 9.10. The molecule has 0 saturated heterocycles. The number of aldehydes is 1. The van der Waals surface area contributed by atoms with Gasteiger partial charge >= 0.3 is 0 Å². The van der Waals surface area contributed by atoms with E-state index < -0.39 is 0 Å². The number of benzene rings is 1. The van der Waals surface area contributed by atoms with Gasteiger partial charge < -0.3 is 4.79 Å². The Hall–Kier alpha value is -1.48. The summed E-state index contributed by atoms with van der Waals surface area (Å²) in [4.78, 5) is 15.1. The van der Waals surface area contributed by atoms with Crippen molar-refractivity contribution in [1.82, 2.24) is 4.98 Å². The van der Waals surface area contributed by atoms with Gasteiger partial charge in [-0.2, -0.15) is 0 Å². The van der Waals surface area contributed by atoms with Crippen LogP contribution in [0, 0.1) is 0 Å². The summed E-state index contributed by atoms with van der Waals surface area (Å²) in [7, 11) is 0. The van der Waals surface area contributed by atoms with Crippen LogP contribution in [0.15, 0.2) is 53.3 Å². The highest BCUT2D eigenvalue weighted by Gasteiger charge is 2.10. The lowest BCUT2D eigenvalue weighted by molar-refractivity contribution is -0.109. The molecule has 0 aliphatic heterocycles. The first kappa shape index (κ1) is 12.0. The van der Waals surface area contributed by atoms with Gasteiger partial charge in [0.25, 0.3) is 0 Å². The van der Waals surface area contributed by atoms with Crippen molar-refractivity contribution >= 4 is 22.2 Å². The summed E-state index contributed by atoms with van der Waals surface area (Å²) in [6, 6.07) is 11.7. The van der Waals surface area contributed by atoms with E-state index in [4.69, 9.17) is 0 Å². The molecule has 2 aromatic rings. The molecule has 0 saturated carbocycles. The smallest absolute Gasteiger partial charge is 0.127 e. The maximum atomic E-state index is 11.2. The van der Waals surface area contributed by atoms with Crippen molar-refractivity contribution in [3.63, 3.8) is 0 Å². The molecular weight excluding hydrogens is 278 g/mol. The van der Waals surface area contributed by atoms with E-state index in [-0.39, 0.29) is 5.92 Å². The minimum atomic E-state index is -0.0921. The summed E-state index contributed by atoms with van der Waals surface area (Å²) < 4.78 is 1.02. The fourth-order valence-electron chi connectivity index (χ4n) is 1.73. The minimum absolute atomic E-state index is 0.0921. The first-order valence-corrected chi connectivity index (χ1v) is 6.18. The Morgan fingerprint density at radius 2 is 1.76 bits per heavy atom. The maximum Gasteiger partial charge on any atom is 0.127 e. The monoisotopic (exact) mass is 289 g/mol. The topological polar surface area (TPSA) is 30.0 Å². The molecule has 1 heterocycles. The largest absolute Gasteiger partial charge is 0.303 e. The molecule has 0 spiro atoms. The van der Waals surface area contributed by atoms with Gasteiger partial charge in [0, 0.05) is 22.8 Å². The molecule has 86 valence electrons. The van der Waals surface area contributed by atoms with Gasteiger partial charge in [0.2, 0.25) is 0 Å². The Balaban J connectivity index is 2.17. The predicted molar refractivity (Wildman–Crippen MR) is 70.9 cm³/mol. The van der Waals surface area contributed by atoms with Crippen molar-refractivity contribution in [3.05, 3.63) is 64.4 Å². The zero-order chi connectivity index (χ0) is 12.1. The van der Waals surface area contributed by atoms with Crippen molar-refractivity contribution in [2.45, 2.75) is 12.3 Å². The van der Waals surface area contributed by atoms with Crippen LogP contribution in [-0.4, -0.2) is 11.3 Å². The standard InChI is InChI=1S/C14H12BrNO/c15-14-3-1-12(2-4-14)13(10-17)9-11-5-7-16-8-6-11/h1-8,10,13H,9H2. The zero-order valence-electron chi connectivity index (χ0n) is 9.21. The summed E-state index contributed by atoms with van der Waals surface area (Å²) in [6.45, 7) is 0. The molecule has 1 aromatic carbocycles. The Morgan fingerprint density at radius 3 is 2.35 bits per heavy atom. The van der Waals surface area contributed by atoms with Gasteiger partial charge in [-0.1, -0.05) is 28.1 Å². The highest BCUT2D eigenvalue weighted by atomic mass is 79.9. The number of nitrogens with zero attached hydrogens (tertiary/aromatic N) is 1. The number of hydrogen-bond acceptors (Lipinski definition) is 2. The molecule has 0 aliphatic carbocycles. The minimum Gasteiger partial charge on any atom is -0.303 e. The second kappa shape index (κ2) is 5.73. The maximum absolute atomic E-state index is 11.2. The SMILES string of the molecule is O=CC(Cc1ccncc1)c1ccc(Br)cc1. The highest BCUT2D eigenvalue weighted by Crippen LogP contribution is 2.20. The van der Waals surface area contributed by atoms with Crippen LogP contribution in [0.4, 0.5) is 0 Å². The van der Waals surface area contributed by atoms with E-state index in [0.29, 0.717) is 6.42 Å². The van der Waals surface area contributed by atoms with Crippen LogP contribution in [-0.2, 0) is 11.2 Å². The molecule has 0 N–H and O–H groups in total. The lowest BCUT2D eigenvalue weighted by atomic mass is 9.94. The molecule has 1 aromatic heterocycles. The average molecular weight is 290 g/mol. The summed E-state index contributed by atoms with van der Waals surface area (Å²) >= 11 is 3.39. The van der Waals surface area contributed by atoms with Gasteiger partial charge in [-0.3, -0.25) is 4.98 Å². The second-order valence-electron chi connectivity index (χ2n) is 3.85. The molecule has 1 unspecified atom stereocenters. The Labute approximate surface area is 109 Å². The van der Waals surface area contributed by atoms with Crippen LogP contribution < -0.4 is 0 Å². The van der Waals surface area contributed by atoms with E-state index >= 15 is 0 Å². The summed E-state index contributed by atoms with van der Waals surface area (Å²) in [6.07, 6.45) is 5.22. The van der Waals surface area contributed by atoms with Crippen molar-refractivity contribution < 1.29 is 4.79 Å². The van der Waals surface area contributed by atoms with E-state index in [1.807, 2.05) is 36.4 Å². The second-order valence-corrected chi connectivity index (χ2v) is 4.77. The Bertz CT molecular complexity index is 481. The molecule has 0 bridgehead atoms. The number of carbonyl (C=O) groups is 1. The molecule has 3 heteroatoms. The van der Waals surface area contributed by atoms with Crippen molar-refractivity contribution in [2.75, 3.05) is 0 Å². The normalized spacial score (nSPS) is 12.1. The van der Waals surface area contributed by atoms with Gasteiger partial charge in [-0.05, 0) is 41.8 Å². The van der Waals surface area contributed by atoms with E-state index in [0.717, 1.165) is 21.9 Å². The molecule has 2 rings (SSSR count). The average Bonchev–Trinajstić information content (AvgIpc) is 2.38. The number of halogens is 1. The number of hydrogen-bond donors (Lipinski definition) is 0. The van der Waals surface area contributed by atoms with Crippen molar-refractivity contribution in [2.24, 2.45) is 0 Å². The number of carbonyl (C=O) groups excluding carboxylic acids is 1. The van der Waals surface area contributed by atoms with E-state index in [2.05, 4.69) is 20.9 Å². The van der Waals surface area contributed by atoms with Crippen LogP contribution in [0.1, 0.15) is 17.0 Å². The third-order valence-corrected chi connectivity index (χ3v) is 3.20. The first-order valence-electron chi connectivity index (χ1n) is 5.39. The molecule has 0 aliphatic rings. The third-order valence-electron chi connectivity index (χ3n) is 2.67. The number of rotatable bonds is 4. The van der Waals surface area contributed by atoms with Gasteiger partial charge in [0.05, 0.1) is 0 Å². The molecule has 2 nitrogen and oxygen atoms in total. The van der Waals surface area contributed by atoms with Crippen LogP contribution in [0.2, 0.25) is 0 Å². The van der Waals surface area contributed by atoms with E-state index in [9.17, 15) is 4.79 Å². The van der Waals surface area contributed by atoms with Crippen LogP contribution in [0.5, 0.6) is 0 Å². The molecule has 1 atom stereocenters. The molecule has 0 radical (unpaired) electrons. The molecule has 17 heavy (non-hydrogen) atoms.